The average molecular weight is 900 g/mol. The Labute approximate surface area is 389 Å². The van der Waals surface area contributed by atoms with E-state index in [0.717, 1.165) is 75.7 Å². The summed E-state index contributed by atoms with van der Waals surface area (Å²) in [5.74, 6) is -0.828. The van der Waals surface area contributed by atoms with Gasteiger partial charge in [0.1, 0.15) is 6.10 Å². The Bertz CT molecular complexity index is 2070. The number of hydrogen-bond acceptors (Lipinski definition) is 9. The molecular formula is C54H81N3O8. The number of aliphatic hydroxyl groups excluding tert-OH is 1. The van der Waals surface area contributed by atoms with Crippen LogP contribution in [0.5, 0.6) is 0 Å². The Kier molecular flexibility index (Phi) is 12.4. The van der Waals surface area contributed by atoms with Gasteiger partial charge in [0.2, 0.25) is 0 Å². The minimum absolute atomic E-state index is 0.0176. The first kappa shape index (κ1) is 48.2. The van der Waals surface area contributed by atoms with E-state index < -0.39 is 40.3 Å². The standard InChI is InChI=1S/C54H81N3O8/c1-32(2)43-38(58)29-54(41(59)30-55-31-48(3,4)56-45(60)33-12-14-34(15-13-33)57-24-26-64-27-25-57)23-22-52(10)35(44(43)54)16-17-40-51(9)20-19-42(50(7,8)39(51)18-21-53(40,52)11)65-47(63)37-28-36(46(61)62)49(37,5)6/h12-15,32,35-37,39-42,55,59H,16-31H2,1-11H3,(H,56,60)(H,61,62)/t35-,36+,37-,39+,40-,41+,42+,51+,52-,53-,54+/m1/s1. The van der Waals surface area contributed by atoms with Gasteiger partial charge in [-0.15, -0.1) is 0 Å². The SMILES string of the molecule is CC(C)C1=C2[C@H]3CC[C@@H]4[C@@]5(C)CC[C@H](OC(=O)[C@H]6C[C@@H](C(=O)O)C6(C)C)C(C)(C)[C@@H]5CC[C@@]4(C)[C@]3(C)CC[C@@]2([C@@H](O)CNCC(C)(C)NC(=O)c2ccc(N3CCOCC3)cc2)CC1=O. The highest BCUT2D eigenvalue weighted by Gasteiger charge is 2.71. The lowest BCUT2D eigenvalue weighted by atomic mass is 9.33. The number of benzene rings is 1. The monoisotopic (exact) mass is 900 g/mol. The number of allylic oxidation sites excluding steroid dienone is 1. The zero-order chi connectivity index (χ0) is 47.3. The number of rotatable bonds is 12. The predicted molar refractivity (Wildman–Crippen MR) is 252 cm³/mol. The van der Waals surface area contributed by atoms with Crippen LogP contribution in [-0.2, 0) is 23.9 Å². The van der Waals surface area contributed by atoms with Gasteiger partial charge in [-0.3, -0.25) is 19.2 Å². The van der Waals surface area contributed by atoms with Gasteiger partial charge in [0.25, 0.3) is 5.91 Å². The first-order valence-electron chi connectivity index (χ1n) is 25.2. The van der Waals surface area contributed by atoms with E-state index >= 15 is 0 Å². The zero-order valence-corrected chi connectivity index (χ0v) is 41.5. The highest BCUT2D eigenvalue weighted by molar-refractivity contribution is 6.01. The number of aliphatic carboxylic acids is 1. The number of morpholine rings is 1. The molecular weight excluding hydrogens is 819 g/mol. The van der Waals surface area contributed by atoms with E-state index in [1.807, 2.05) is 52.0 Å². The number of nitrogens with zero attached hydrogens (tertiary/aromatic N) is 1. The summed E-state index contributed by atoms with van der Waals surface area (Å²) in [4.78, 5) is 55.5. The molecule has 1 amide bonds. The number of Topliss-reactive ketones (excluding diaryl/α,β-unsaturated/α-hetero) is 1. The van der Waals surface area contributed by atoms with Gasteiger partial charge in [0, 0.05) is 60.2 Å². The van der Waals surface area contributed by atoms with Crippen molar-refractivity contribution in [2.75, 3.05) is 44.3 Å². The van der Waals surface area contributed by atoms with E-state index in [1.54, 1.807) is 0 Å². The molecule has 0 aromatic heterocycles. The topological polar surface area (TPSA) is 154 Å². The molecule has 11 nitrogen and oxygen atoms in total. The maximum absolute atomic E-state index is 14.3. The molecule has 1 heterocycles. The maximum atomic E-state index is 14.3. The van der Waals surface area contributed by atoms with Crippen molar-refractivity contribution in [2.45, 2.75) is 158 Å². The second-order valence-electron chi connectivity index (χ2n) is 24.8. The molecule has 1 aromatic rings. The molecule has 5 saturated carbocycles. The lowest BCUT2D eigenvalue weighted by molar-refractivity contribution is -0.238. The van der Waals surface area contributed by atoms with Crippen molar-refractivity contribution >= 4 is 29.3 Å². The number of esters is 1. The second-order valence-corrected chi connectivity index (χ2v) is 24.8. The number of nitrogens with one attached hydrogen (secondary N) is 2. The number of anilines is 1. The molecule has 8 rings (SSSR count). The molecule has 0 radical (unpaired) electrons. The lowest BCUT2D eigenvalue weighted by Gasteiger charge is -2.72. The largest absolute Gasteiger partial charge is 0.481 e. The van der Waals surface area contributed by atoms with Crippen molar-refractivity contribution in [3.63, 3.8) is 0 Å². The summed E-state index contributed by atoms with van der Waals surface area (Å²) in [7, 11) is 0. The van der Waals surface area contributed by atoms with Crippen LogP contribution in [0, 0.1) is 68.0 Å². The Hall–Kier alpha value is -3.28. The van der Waals surface area contributed by atoms with E-state index in [1.165, 1.54) is 5.57 Å². The van der Waals surface area contributed by atoms with Crippen LogP contribution in [0.25, 0.3) is 0 Å². The first-order chi connectivity index (χ1) is 30.3. The third-order valence-electron chi connectivity index (χ3n) is 20.0. The molecule has 7 aliphatic rings. The highest BCUT2D eigenvalue weighted by Crippen LogP contribution is 2.77. The first-order valence-corrected chi connectivity index (χ1v) is 25.2. The van der Waals surface area contributed by atoms with E-state index in [-0.39, 0.29) is 57.3 Å². The molecule has 65 heavy (non-hydrogen) atoms. The van der Waals surface area contributed by atoms with Crippen LogP contribution in [0.1, 0.15) is 151 Å². The number of amides is 1. The van der Waals surface area contributed by atoms with Gasteiger partial charge in [0.15, 0.2) is 5.78 Å². The zero-order valence-electron chi connectivity index (χ0n) is 41.5. The molecule has 6 aliphatic carbocycles. The van der Waals surface area contributed by atoms with E-state index in [2.05, 4.69) is 64.0 Å². The fourth-order valence-electron chi connectivity index (χ4n) is 16.0. The normalized spacial score (nSPS) is 37.9. The van der Waals surface area contributed by atoms with Gasteiger partial charge in [0.05, 0.1) is 31.2 Å². The summed E-state index contributed by atoms with van der Waals surface area (Å²) in [6, 6.07) is 7.76. The van der Waals surface area contributed by atoms with Crippen molar-refractivity contribution in [1.29, 1.82) is 0 Å². The third-order valence-corrected chi connectivity index (χ3v) is 20.0. The van der Waals surface area contributed by atoms with Crippen LogP contribution in [0.2, 0.25) is 0 Å². The molecule has 0 unspecified atom stereocenters. The minimum atomic E-state index is -0.837. The summed E-state index contributed by atoms with van der Waals surface area (Å²) in [5, 5.41) is 28.9. The van der Waals surface area contributed by atoms with Crippen molar-refractivity contribution in [3.8, 4) is 0 Å². The van der Waals surface area contributed by atoms with Crippen molar-refractivity contribution in [2.24, 2.45) is 68.0 Å². The van der Waals surface area contributed by atoms with Crippen LogP contribution in [0.3, 0.4) is 0 Å². The molecule has 11 atom stereocenters. The molecule has 1 aliphatic heterocycles. The maximum Gasteiger partial charge on any atom is 0.309 e. The molecule has 360 valence electrons. The smallest absolute Gasteiger partial charge is 0.309 e. The molecule has 0 bridgehead atoms. The molecule has 0 spiro atoms. The van der Waals surface area contributed by atoms with Crippen LogP contribution < -0.4 is 15.5 Å². The summed E-state index contributed by atoms with van der Waals surface area (Å²) in [5.41, 5.74) is 1.84. The average Bonchev–Trinajstić information content (AvgIpc) is 3.55. The Morgan fingerprint density at radius 1 is 0.862 bits per heavy atom. The van der Waals surface area contributed by atoms with Gasteiger partial charge in [-0.1, -0.05) is 67.9 Å². The number of aliphatic hydroxyl groups is 1. The van der Waals surface area contributed by atoms with Crippen molar-refractivity contribution < 1.29 is 38.9 Å². The number of carbonyl (C=O) groups is 4. The summed E-state index contributed by atoms with van der Waals surface area (Å²) >= 11 is 0. The van der Waals surface area contributed by atoms with Gasteiger partial charge in [-0.25, -0.2) is 0 Å². The van der Waals surface area contributed by atoms with Gasteiger partial charge >= 0.3 is 11.9 Å². The number of carboxylic acids is 1. The number of ether oxygens (including phenoxy) is 2. The van der Waals surface area contributed by atoms with E-state index in [4.69, 9.17) is 9.47 Å². The number of ketones is 1. The van der Waals surface area contributed by atoms with Gasteiger partial charge in [-0.2, -0.15) is 0 Å². The number of hydrogen-bond donors (Lipinski definition) is 4. The van der Waals surface area contributed by atoms with E-state index in [9.17, 15) is 29.4 Å². The molecule has 1 aromatic carbocycles. The van der Waals surface area contributed by atoms with Crippen LogP contribution >= 0.6 is 0 Å². The fraction of sp³-hybridized carbons (Fsp3) is 0.778. The van der Waals surface area contributed by atoms with E-state index in [0.29, 0.717) is 56.5 Å². The Balaban J connectivity index is 0.955. The van der Waals surface area contributed by atoms with Gasteiger partial charge in [-0.05, 0) is 147 Å². The highest BCUT2D eigenvalue weighted by atomic mass is 16.5. The third kappa shape index (κ3) is 7.72. The molecule has 6 fully saturated rings. The number of fused-ring (bicyclic) bond motifs is 7. The van der Waals surface area contributed by atoms with Crippen LogP contribution in [0.15, 0.2) is 35.4 Å². The minimum Gasteiger partial charge on any atom is -0.481 e. The number of carbonyl (C=O) groups excluding carboxylic acids is 3. The number of carboxylic acid groups (broad SMARTS) is 1. The Morgan fingerprint density at radius 2 is 1.54 bits per heavy atom. The summed E-state index contributed by atoms with van der Waals surface area (Å²) < 4.78 is 11.9. The van der Waals surface area contributed by atoms with Crippen LogP contribution in [-0.4, -0.2) is 91.0 Å². The second kappa shape index (κ2) is 16.7. The quantitative estimate of drug-likeness (QED) is 0.150. The molecule has 1 saturated heterocycles. The van der Waals surface area contributed by atoms with Crippen LogP contribution in [0.4, 0.5) is 5.69 Å². The van der Waals surface area contributed by atoms with Crippen molar-refractivity contribution in [3.05, 3.63) is 41.0 Å². The molecule has 4 N–H and O–H groups in total. The van der Waals surface area contributed by atoms with Crippen molar-refractivity contribution in [1.82, 2.24) is 10.6 Å². The van der Waals surface area contributed by atoms with Gasteiger partial charge < -0.3 is 35.2 Å². The molecule has 11 heteroatoms. The lowest BCUT2D eigenvalue weighted by Crippen LogP contribution is -2.66. The predicted octanol–water partition coefficient (Wildman–Crippen LogP) is 8.62. The summed E-state index contributed by atoms with van der Waals surface area (Å²) in [6.45, 7) is 28.2. The summed E-state index contributed by atoms with van der Waals surface area (Å²) in [6.07, 6.45) is 7.42. The Morgan fingerprint density at radius 3 is 2.17 bits per heavy atom. The fourth-order valence-corrected chi connectivity index (χ4v) is 16.0.